The largest absolute Gasteiger partial charge is 0.494 e. The van der Waals surface area contributed by atoms with Crippen molar-refractivity contribution >= 4 is 0 Å². The van der Waals surface area contributed by atoms with Gasteiger partial charge in [-0.3, -0.25) is 0 Å². The SMILES string of the molecule is CCCCCCCCCOc1ccc(CC[C@](C)(N)CO)cc1. The highest BCUT2D eigenvalue weighted by Gasteiger charge is 2.16. The van der Waals surface area contributed by atoms with Crippen LogP contribution in [0.2, 0.25) is 0 Å². The quantitative estimate of drug-likeness (QED) is 0.527. The number of aliphatic hydroxyl groups is 1. The minimum absolute atomic E-state index is 0.0205. The second kappa shape index (κ2) is 11.5. The molecule has 0 aliphatic heterocycles. The molecule has 3 nitrogen and oxygen atoms in total. The Bertz CT molecular complexity index is 401. The molecule has 1 atom stereocenters. The summed E-state index contributed by atoms with van der Waals surface area (Å²) in [4.78, 5) is 0. The van der Waals surface area contributed by atoms with E-state index in [9.17, 15) is 5.11 Å². The number of aliphatic hydroxyl groups excluding tert-OH is 1. The van der Waals surface area contributed by atoms with E-state index >= 15 is 0 Å². The molecule has 0 bridgehead atoms. The van der Waals surface area contributed by atoms with E-state index < -0.39 is 5.54 Å². The van der Waals surface area contributed by atoms with Crippen LogP contribution in [0, 0.1) is 0 Å². The Balaban J connectivity index is 2.14. The van der Waals surface area contributed by atoms with Gasteiger partial charge in [-0.05, 0) is 43.9 Å². The number of ether oxygens (including phenoxy) is 1. The summed E-state index contributed by atoms with van der Waals surface area (Å²) in [6, 6.07) is 8.24. The summed E-state index contributed by atoms with van der Waals surface area (Å²) in [5.74, 6) is 0.942. The fourth-order valence-electron chi connectivity index (χ4n) is 2.51. The van der Waals surface area contributed by atoms with Gasteiger partial charge in [0.05, 0.1) is 13.2 Å². The lowest BCUT2D eigenvalue weighted by molar-refractivity contribution is 0.200. The van der Waals surface area contributed by atoms with Gasteiger partial charge in [-0.15, -0.1) is 0 Å². The van der Waals surface area contributed by atoms with E-state index in [2.05, 4.69) is 19.1 Å². The maximum Gasteiger partial charge on any atom is 0.119 e. The smallest absolute Gasteiger partial charge is 0.119 e. The van der Waals surface area contributed by atoms with E-state index in [0.717, 1.165) is 31.6 Å². The van der Waals surface area contributed by atoms with Crippen molar-refractivity contribution in [2.24, 2.45) is 5.73 Å². The number of rotatable bonds is 13. The van der Waals surface area contributed by atoms with Crippen molar-refractivity contribution in [1.82, 2.24) is 0 Å². The van der Waals surface area contributed by atoms with Crippen LogP contribution in [0.3, 0.4) is 0 Å². The minimum atomic E-state index is -0.494. The van der Waals surface area contributed by atoms with Gasteiger partial charge in [-0.1, -0.05) is 57.6 Å². The first kappa shape index (κ1) is 20.0. The van der Waals surface area contributed by atoms with Gasteiger partial charge in [0.15, 0.2) is 0 Å². The topological polar surface area (TPSA) is 55.5 Å². The van der Waals surface area contributed by atoms with Crippen LogP contribution < -0.4 is 10.5 Å². The van der Waals surface area contributed by atoms with Crippen molar-refractivity contribution in [2.75, 3.05) is 13.2 Å². The lowest BCUT2D eigenvalue weighted by atomic mass is 9.95. The highest BCUT2D eigenvalue weighted by atomic mass is 16.5. The predicted molar refractivity (Wildman–Crippen MR) is 97.9 cm³/mol. The van der Waals surface area contributed by atoms with Crippen LogP contribution in [0.1, 0.15) is 70.8 Å². The molecule has 0 radical (unpaired) electrons. The van der Waals surface area contributed by atoms with Gasteiger partial charge < -0.3 is 15.6 Å². The van der Waals surface area contributed by atoms with Crippen LogP contribution in [-0.2, 0) is 6.42 Å². The third-order valence-corrected chi connectivity index (χ3v) is 4.29. The van der Waals surface area contributed by atoms with E-state index in [1.54, 1.807) is 0 Å². The number of benzene rings is 1. The summed E-state index contributed by atoms with van der Waals surface area (Å²) >= 11 is 0. The Kier molecular flexibility index (Phi) is 9.97. The molecule has 0 aliphatic carbocycles. The van der Waals surface area contributed by atoms with Gasteiger partial charge in [-0.2, -0.15) is 0 Å². The average Bonchev–Trinajstić information content (AvgIpc) is 2.56. The molecule has 1 rings (SSSR count). The maximum absolute atomic E-state index is 9.17. The molecule has 0 aromatic heterocycles. The standard InChI is InChI=1S/C20H35NO2/c1-3-4-5-6-7-8-9-16-23-19-12-10-18(11-13-19)14-15-20(2,21)17-22/h10-13,22H,3-9,14-17,21H2,1-2H3/t20-/m0/s1. The monoisotopic (exact) mass is 321 g/mol. The van der Waals surface area contributed by atoms with Crippen molar-refractivity contribution in [3.63, 3.8) is 0 Å². The van der Waals surface area contributed by atoms with Gasteiger partial charge in [0.25, 0.3) is 0 Å². The predicted octanol–water partition coefficient (Wildman–Crippen LogP) is 4.46. The highest BCUT2D eigenvalue weighted by molar-refractivity contribution is 5.27. The van der Waals surface area contributed by atoms with Gasteiger partial charge in [0.2, 0.25) is 0 Å². The molecule has 23 heavy (non-hydrogen) atoms. The highest BCUT2D eigenvalue weighted by Crippen LogP contribution is 2.16. The third-order valence-electron chi connectivity index (χ3n) is 4.29. The van der Waals surface area contributed by atoms with Crippen LogP contribution in [0.15, 0.2) is 24.3 Å². The molecule has 1 aromatic rings. The Labute approximate surface area is 142 Å². The Morgan fingerprint density at radius 3 is 2.22 bits per heavy atom. The summed E-state index contributed by atoms with van der Waals surface area (Å²) in [6.45, 7) is 4.96. The molecule has 0 aliphatic rings. The van der Waals surface area contributed by atoms with Crippen molar-refractivity contribution in [3.05, 3.63) is 29.8 Å². The summed E-state index contributed by atoms with van der Waals surface area (Å²) in [5.41, 5.74) is 6.69. The van der Waals surface area contributed by atoms with Gasteiger partial charge in [0.1, 0.15) is 5.75 Å². The molecule has 132 valence electrons. The molecule has 0 fully saturated rings. The Morgan fingerprint density at radius 1 is 1.00 bits per heavy atom. The van der Waals surface area contributed by atoms with Crippen LogP contribution in [0.4, 0.5) is 0 Å². The molecule has 3 heteroatoms. The van der Waals surface area contributed by atoms with Crippen molar-refractivity contribution in [3.8, 4) is 5.75 Å². The normalized spacial score (nSPS) is 13.7. The first-order valence-corrected chi connectivity index (χ1v) is 9.19. The molecule has 1 aromatic carbocycles. The minimum Gasteiger partial charge on any atom is -0.494 e. The summed E-state index contributed by atoms with van der Waals surface area (Å²) in [6.07, 6.45) is 10.8. The average molecular weight is 322 g/mol. The number of unbranched alkanes of at least 4 members (excludes halogenated alkanes) is 6. The molecule has 0 saturated carbocycles. The van der Waals surface area contributed by atoms with Gasteiger partial charge in [-0.25, -0.2) is 0 Å². The summed E-state index contributed by atoms with van der Waals surface area (Å²) in [5, 5.41) is 9.17. The number of hydrogen-bond donors (Lipinski definition) is 2. The zero-order chi connectivity index (χ0) is 17.0. The van der Waals surface area contributed by atoms with Crippen LogP contribution in [0.25, 0.3) is 0 Å². The molecule has 0 unspecified atom stereocenters. The van der Waals surface area contributed by atoms with Crippen molar-refractivity contribution in [1.29, 1.82) is 0 Å². The second-order valence-corrected chi connectivity index (χ2v) is 6.93. The van der Waals surface area contributed by atoms with E-state index in [1.807, 2.05) is 19.1 Å². The van der Waals surface area contributed by atoms with E-state index in [1.165, 1.54) is 44.1 Å². The Hall–Kier alpha value is -1.06. The van der Waals surface area contributed by atoms with E-state index in [-0.39, 0.29) is 6.61 Å². The molecular formula is C20H35NO2. The number of hydrogen-bond acceptors (Lipinski definition) is 3. The Morgan fingerprint density at radius 2 is 1.61 bits per heavy atom. The molecule has 0 spiro atoms. The zero-order valence-electron chi connectivity index (χ0n) is 15.0. The summed E-state index contributed by atoms with van der Waals surface area (Å²) < 4.78 is 5.79. The second-order valence-electron chi connectivity index (χ2n) is 6.93. The third kappa shape index (κ3) is 9.62. The zero-order valence-corrected chi connectivity index (χ0v) is 15.0. The van der Waals surface area contributed by atoms with Crippen LogP contribution >= 0.6 is 0 Å². The molecule has 0 heterocycles. The summed E-state index contributed by atoms with van der Waals surface area (Å²) in [7, 11) is 0. The first-order valence-electron chi connectivity index (χ1n) is 9.19. The number of nitrogens with two attached hydrogens (primary N) is 1. The molecule has 3 N–H and O–H groups in total. The van der Waals surface area contributed by atoms with Gasteiger partial charge in [0, 0.05) is 5.54 Å². The lowest BCUT2D eigenvalue weighted by Crippen LogP contribution is -2.40. The fraction of sp³-hybridized carbons (Fsp3) is 0.700. The van der Waals surface area contributed by atoms with Crippen LogP contribution in [0.5, 0.6) is 5.75 Å². The van der Waals surface area contributed by atoms with Gasteiger partial charge >= 0.3 is 0 Å². The first-order chi connectivity index (χ1) is 11.1. The van der Waals surface area contributed by atoms with E-state index in [0.29, 0.717) is 0 Å². The molecular weight excluding hydrogens is 286 g/mol. The molecule has 0 amide bonds. The fourth-order valence-corrected chi connectivity index (χ4v) is 2.51. The molecule has 0 saturated heterocycles. The lowest BCUT2D eigenvalue weighted by Gasteiger charge is -2.21. The van der Waals surface area contributed by atoms with E-state index in [4.69, 9.17) is 10.5 Å². The maximum atomic E-state index is 9.17. The van der Waals surface area contributed by atoms with Crippen LogP contribution in [-0.4, -0.2) is 23.9 Å². The number of aryl methyl sites for hydroxylation is 1. The van der Waals surface area contributed by atoms with Crippen molar-refractivity contribution < 1.29 is 9.84 Å². The van der Waals surface area contributed by atoms with Crippen molar-refractivity contribution in [2.45, 2.75) is 77.2 Å².